The van der Waals surface area contributed by atoms with Crippen molar-refractivity contribution in [2.45, 2.75) is 120 Å². The molecule has 10 rings (SSSR count). The predicted molar refractivity (Wildman–Crippen MR) is 197 cm³/mol. The van der Waals surface area contributed by atoms with Gasteiger partial charge in [-0.05, 0) is 106 Å². The summed E-state index contributed by atoms with van der Waals surface area (Å²) in [4.78, 5) is 0. The van der Waals surface area contributed by atoms with Crippen LogP contribution in [0, 0.1) is 23.7 Å². The van der Waals surface area contributed by atoms with Gasteiger partial charge in [0.1, 0.15) is 34.4 Å². The van der Waals surface area contributed by atoms with Crippen LogP contribution in [-0.4, -0.2) is 52.2 Å². The number of nitrogens with zero attached hydrogens (tertiary/aromatic N) is 3. The smallest absolute Gasteiger partial charge is 0.411 e. The topological polar surface area (TPSA) is 148 Å². The summed E-state index contributed by atoms with van der Waals surface area (Å²) in [5.41, 5.74) is 9.57. The highest BCUT2D eigenvalue weighted by atomic mass is 19.4. The summed E-state index contributed by atoms with van der Waals surface area (Å²) in [5, 5.41) is 20.7. The second-order valence-corrected chi connectivity index (χ2v) is 16.7. The maximum atomic E-state index is 12.9. The van der Waals surface area contributed by atoms with Gasteiger partial charge in [0.15, 0.2) is 0 Å². The maximum Gasteiger partial charge on any atom is 0.573 e. The zero-order chi connectivity index (χ0) is 41.1. The van der Waals surface area contributed by atoms with Gasteiger partial charge in [0, 0.05) is 46.0 Å². The average Bonchev–Trinajstić information content (AvgIpc) is 3.87. The first-order chi connectivity index (χ1) is 28.3. The third-order valence-corrected chi connectivity index (χ3v) is 12.7. The van der Waals surface area contributed by atoms with Gasteiger partial charge < -0.3 is 38.9 Å². The molecule has 11 nitrogen and oxygen atoms in total. The Kier molecular flexibility index (Phi) is 10.6. The van der Waals surface area contributed by atoms with Crippen molar-refractivity contribution in [3.05, 3.63) is 71.2 Å². The number of ether oxygens (including phenoxy) is 4. The lowest BCUT2D eigenvalue weighted by Gasteiger charge is -2.25. The number of aromatic nitrogens is 2. The number of hydrogen-bond donors (Lipinski definition) is 2. The molecule has 6 saturated carbocycles. The number of fused-ring (bicyclic) bond motifs is 4. The molecular weight excluding hydrogens is 786 g/mol. The molecule has 0 spiro atoms. The van der Waals surface area contributed by atoms with Gasteiger partial charge in [-0.15, -0.1) is 26.3 Å². The molecule has 6 aliphatic rings. The van der Waals surface area contributed by atoms with Crippen molar-refractivity contribution >= 4 is 5.71 Å². The van der Waals surface area contributed by atoms with E-state index < -0.39 is 12.7 Å². The molecule has 17 heteroatoms. The zero-order valence-electron chi connectivity index (χ0n) is 31.9. The van der Waals surface area contributed by atoms with Crippen LogP contribution in [-0.2, 0) is 22.7 Å². The summed E-state index contributed by atoms with van der Waals surface area (Å²) in [6.07, 6.45) is -0.0371. The first kappa shape index (κ1) is 39.8. The zero-order valence-corrected chi connectivity index (χ0v) is 31.9. The SMILES string of the molecule is NC1C[C@@H]2C[C@H]1C[C@@H]2OCc1c(-c2ccccc2OC(F)(F)F)noc1C1CC1.O/N=C1\C[C@@H]2C[C@H]1C[C@@H]2OCc1c(-c2ccccc2OC(F)(F)F)noc1C1CC1. The number of halogens is 6. The summed E-state index contributed by atoms with van der Waals surface area (Å²) < 4.78 is 109. The Labute approximate surface area is 335 Å². The summed E-state index contributed by atoms with van der Waals surface area (Å²) in [6, 6.07) is 12.2. The van der Waals surface area contributed by atoms with Crippen molar-refractivity contribution in [1.82, 2.24) is 10.3 Å². The van der Waals surface area contributed by atoms with E-state index in [0.717, 1.165) is 81.2 Å². The van der Waals surface area contributed by atoms with Crippen molar-refractivity contribution in [2.75, 3.05) is 0 Å². The van der Waals surface area contributed by atoms with Crippen molar-refractivity contribution in [3.63, 3.8) is 0 Å². The van der Waals surface area contributed by atoms with Crippen molar-refractivity contribution < 1.29 is 59.5 Å². The first-order valence-corrected chi connectivity index (χ1v) is 20.2. The second-order valence-electron chi connectivity index (χ2n) is 16.7. The highest BCUT2D eigenvalue weighted by Crippen LogP contribution is 2.50. The average molecular weight is 831 g/mol. The number of nitrogens with two attached hydrogens (primary N) is 1. The van der Waals surface area contributed by atoms with Gasteiger partial charge in [-0.3, -0.25) is 0 Å². The lowest BCUT2D eigenvalue weighted by molar-refractivity contribution is -0.275. The van der Waals surface area contributed by atoms with E-state index in [4.69, 9.17) is 29.5 Å². The van der Waals surface area contributed by atoms with Crippen LogP contribution in [0.5, 0.6) is 11.5 Å². The number of oxime groups is 1. The third kappa shape index (κ3) is 8.69. The summed E-state index contributed by atoms with van der Waals surface area (Å²) in [6.45, 7) is 0.485. The van der Waals surface area contributed by atoms with Gasteiger partial charge in [-0.1, -0.05) is 39.7 Å². The first-order valence-electron chi connectivity index (χ1n) is 20.2. The van der Waals surface area contributed by atoms with E-state index >= 15 is 0 Å². The van der Waals surface area contributed by atoms with E-state index in [0.29, 0.717) is 40.5 Å². The van der Waals surface area contributed by atoms with Crippen molar-refractivity contribution in [1.29, 1.82) is 0 Å². The molecule has 7 atom stereocenters. The van der Waals surface area contributed by atoms with Crippen molar-refractivity contribution in [3.8, 4) is 34.0 Å². The fourth-order valence-electron chi connectivity index (χ4n) is 9.62. The number of alkyl halides is 6. The van der Waals surface area contributed by atoms with Crippen LogP contribution in [0.1, 0.15) is 98.7 Å². The molecule has 2 aromatic carbocycles. The molecule has 1 unspecified atom stereocenters. The molecule has 0 amide bonds. The van der Waals surface area contributed by atoms with Crippen molar-refractivity contribution in [2.24, 2.45) is 34.6 Å². The molecule has 0 aliphatic heterocycles. The number of para-hydroxylation sites is 2. The lowest BCUT2D eigenvalue weighted by Crippen LogP contribution is -2.33. The molecule has 59 heavy (non-hydrogen) atoms. The number of hydrogen-bond acceptors (Lipinski definition) is 11. The third-order valence-electron chi connectivity index (χ3n) is 12.7. The fraction of sp³-hybridized carbons (Fsp3) is 0.548. The summed E-state index contributed by atoms with van der Waals surface area (Å²) in [5.74, 6) is 2.82. The predicted octanol–water partition coefficient (Wildman–Crippen LogP) is 10.0. The molecule has 6 aliphatic carbocycles. The summed E-state index contributed by atoms with van der Waals surface area (Å²) >= 11 is 0. The largest absolute Gasteiger partial charge is 0.573 e. The van der Waals surface area contributed by atoms with Crippen LogP contribution >= 0.6 is 0 Å². The molecule has 4 bridgehead atoms. The van der Waals surface area contributed by atoms with Crippen LogP contribution in [0.25, 0.3) is 22.5 Å². The Morgan fingerprint density at radius 1 is 0.644 bits per heavy atom. The minimum Gasteiger partial charge on any atom is -0.411 e. The molecule has 2 heterocycles. The van der Waals surface area contributed by atoms with E-state index in [9.17, 15) is 26.3 Å². The van der Waals surface area contributed by atoms with Gasteiger partial charge >= 0.3 is 12.7 Å². The van der Waals surface area contributed by atoms with E-state index in [2.05, 4.69) is 24.9 Å². The minimum absolute atomic E-state index is 0.0250. The Morgan fingerprint density at radius 3 is 1.56 bits per heavy atom. The summed E-state index contributed by atoms with van der Waals surface area (Å²) in [7, 11) is 0. The highest BCUT2D eigenvalue weighted by Gasteiger charge is 2.47. The van der Waals surface area contributed by atoms with Gasteiger partial charge in [0.2, 0.25) is 0 Å². The molecular formula is C42H44F6N4O7. The molecule has 0 saturated heterocycles. The fourth-order valence-corrected chi connectivity index (χ4v) is 9.62. The van der Waals surface area contributed by atoms with Crippen LogP contribution in [0.3, 0.4) is 0 Å². The molecule has 6 fully saturated rings. The standard InChI is InChI=1S/C21H21F3N2O4.C21H23F3N2O3/c22-21(23,24)29-17-4-2-1-3-14(17)19-15(20(30-26-19)11-5-6-11)10-28-18-9-12-7-13(18)8-16(12)25-27;22-21(23,24)28-17-4-2-1-3-14(17)19-15(20(29-26-19)11-5-6-11)10-27-18-9-12-7-13(18)8-16(12)25/h1-4,11-13,18,27H,5-10H2;1-4,11-13,16,18H,5-10,25H2/b25-16+;/t12-,13-,18-;12-,13-,16?,18-/m00/s1. The van der Waals surface area contributed by atoms with Gasteiger partial charge in [0.25, 0.3) is 0 Å². The molecule has 3 N–H and O–H groups in total. The Balaban J connectivity index is 0.000000152. The maximum absolute atomic E-state index is 12.9. The molecule has 316 valence electrons. The molecule has 2 aromatic heterocycles. The molecule has 4 aromatic rings. The number of rotatable bonds is 12. The quantitative estimate of drug-likeness (QED) is 0.0803. The minimum atomic E-state index is -4.80. The Hall–Kier alpha value is -4.61. The van der Waals surface area contributed by atoms with Crippen LogP contribution in [0.15, 0.2) is 62.7 Å². The van der Waals surface area contributed by atoms with E-state index in [1.165, 1.54) is 24.3 Å². The van der Waals surface area contributed by atoms with Gasteiger partial charge in [0.05, 0.1) is 31.1 Å². The van der Waals surface area contributed by atoms with Gasteiger partial charge in [-0.25, -0.2) is 0 Å². The Bertz CT molecular complexity index is 2160. The number of benzene rings is 2. The van der Waals surface area contributed by atoms with Crippen LogP contribution in [0.4, 0.5) is 26.3 Å². The second kappa shape index (κ2) is 15.8. The normalized spacial score (nSPS) is 28.0. The van der Waals surface area contributed by atoms with E-state index in [1.807, 2.05) is 0 Å². The van der Waals surface area contributed by atoms with Crippen LogP contribution in [0.2, 0.25) is 0 Å². The van der Waals surface area contributed by atoms with Gasteiger partial charge in [-0.2, -0.15) is 0 Å². The Morgan fingerprint density at radius 2 is 1.15 bits per heavy atom. The lowest BCUT2D eigenvalue weighted by atomic mass is 9.93. The molecule has 0 radical (unpaired) electrons. The van der Waals surface area contributed by atoms with Crippen LogP contribution < -0.4 is 15.2 Å². The highest BCUT2D eigenvalue weighted by molar-refractivity contribution is 5.89. The monoisotopic (exact) mass is 830 g/mol. The van der Waals surface area contributed by atoms with E-state index in [-0.39, 0.29) is 71.8 Å². The van der Waals surface area contributed by atoms with E-state index in [1.54, 1.807) is 24.3 Å².